The summed E-state index contributed by atoms with van der Waals surface area (Å²) >= 11 is 0. The van der Waals surface area contributed by atoms with Crippen LogP contribution < -0.4 is 9.47 Å². The molecular formula is C13H12F2O4. The van der Waals surface area contributed by atoms with Gasteiger partial charge in [0.05, 0.1) is 5.41 Å². The Labute approximate surface area is 107 Å². The van der Waals surface area contributed by atoms with E-state index in [1.807, 2.05) is 0 Å². The molecule has 0 unspecified atom stereocenters. The molecular weight excluding hydrogens is 258 g/mol. The Balaban J connectivity index is 2.16. The van der Waals surface area contributed by atoms with Crippen molar-refractivity contribution >= 4 is 5.97 Å². The third-order valence-electron chi connectivity index (χ3n) is 3.91. The van der Waals surface area contributed by atoms with Crippen molar-refractivity contribution in [2.75, 3.05) is 6.79 Å². The second-order valence-electron chi connectivity index (χ2n) is 4.83. The van der Waals surface area contributed by atoms with Crippen molar-refractivity contribution in [1.29, 1.82) is 0 Å². The molecule has 1 heterocycles. The minimum Gasteiger partial charge on any atom is -0.481 e. The quantitative estimate of drug-likeness (QED) is 0.917. The summed E-state index contributed by atoms with van der Waals surface area (Å²) in [6.45, 7) is -0.0263. The zero-order valence-corrected chi connectivity index (χ0v) is 9.99. The lowest BCUT2D eigenvalue weighted by molar-refractivity contribution is -0.147. The number of hydrogen-bond acceptors (Lipinski definition) is 3. The van der Waals surface area contributed by atoms with E-state index in [0.717, 1.165) is 6.42 Å². The molecule has 1 aliphatic carbocycles. The SMILES string of the molecule is O=C(O)C1(c2cc3c(cc2C(F)F)OCO3)CCC1. The first kappa shape index (κ1) is 12.2. The Bertz CT molecular complexity index is 538. The maximum absolute atomic E-state index is 13.2. The van der Waals surface area contributed by atoms with Gasteiger partial charge in [0.2, 0.25) is 6.79 Å². The number of carbonyl (C=O) groups is 1. The molecule has 0 atom stereocenters. The lowest BCUT2D eigenvalue weighted by Crippen LogP contribution is -2.43. The molecule has 0 bridgehead atoms. The highest BCUT2D eigenvalue weighted by Crippen LogP contribution is 2.50. The molecule has 1 N–H and O–H groups in total. The van der Waals surface area contributed by atoms with Gasteiger partial charge in [-0.15, -0.1) is 0 Å². The maximum Gasteiger partial charge on any atom is 0.314 e. The van der Waals surface area contributed by atoms with Gasteiger partial charge < -0.3 is 14.6 Å². The molecule has 102 valence electrons. The monoisotopic (exact) mass is 270 g/mol. The summed E-state index contributed by atoms with van der Waals surface area (Å²) < 4.78 is 36.5. The fourth-order valence-corrected chi connectivity index (χ4v) is 2.68. The number of alkyl halides is 2. The second kappa shape index (κ2) is 4.08. The molecule has 1 aliphatic heterocycles. The van der Waals surface area contributed by atoms with Crippen LogP contribution in [-0.4, -0.2) is 17.9 Å². The van der Waals surface area contributed by atoms with Crippen LogP contribution in [0.5, 0.6) is 11.5 Å². The minimum atomic E-state index is -2.73. The van der Waals surface area contributed by atoms with Gasteiger partial charge in [-0.1, -0.05) is 6.42 Å². The number of ether oxygens (including phenoxy) is 2. The largest absolute Gasteiger partial charge is 0.481 e. The summed E-state index contributed by atoms with van der Waals surface area (Å²) in [6, 6.07) is 2.60. The van der Waals surface area contributed by atoms with E-state index in [1.54, 1.807) is 0 Å². The van der Waals surface area contributed by atoms with Gasteiger partial charge >= 0.3 is 5.97 Å². The fraction of sp³-hybridized carbons (Fsp3) is 0.462. The number of hydrogen-bond donors (Lipinski definition) is 1. The average Bonchev–Trinajstić information content (AvgIpc) is 2.72. The van der Waals surface area contributed by atoms with Crippen molar-refractivity contribution in [3.8, 4) is 11.5 Å². The molecule has 2 aliphatic rings. The molecule has 3 rings (SSSR count). The van der Waals surface area contributed by atoms with Crippen LogP contribution in [0, 0.1) is 0 Å². The number of fused-ring (bicyclic) bond motifs is 1. The van der Waals surface area contributed by atoms with Crippen molar-refractivity contribution < 1.29 is 28.2 Å². The number of carboxylic acid groups (broad SMARTS) is 1. The topological polar surface area (TPSA) is 55.8 Å². The van der Waals surface area contributed by atoms with Crippen LogP contribution in [-0.2, 0) is 10.2 Å². The molecule has 0 aromatic heterocycles. The molecule has 1 saturated carbocycles. The van der Waals surface area contributed by atoms with Gasteiger partial charge in [0.15, 0.2) is 11.5 Å². The lowest BCUT2D eigenvalue weighted by atomic mass is 9.63. The van der Waals surface area contributed by atoms with E-state index in [9.17, 15) is 18.7 Å². The third kappa shape index (κ3) is 1.66. The zero-order chi connectivity index (χ0) is 13.6. The van der Waals surface area contributed by atoms with Gasteiger partial charge in [0.1, 0.15) is 0 Å². The maximum atomic E-state index is 13.2. The number of halogens is 2. The van der Waals surface area contributed by atoms with Crippen LogP contribution in [0.3, 0.4) is 0 Å². The van der Waals surface area contributed by atoms with Crippen LogP contribution in [0.15, 0.2) is 12.1 Å². The first-order chi connectivity index (χ1) is 9.04. The number of rotatable bonds is 3. The Morgan fingerprint density at radius 1 is 1.26 bits per heavy atom. The normalized spacial score (nSPS) is 19.3. The van der Waals surface area contributed by atoms with E-state index >= 15 is 0 Å². The summed E-state index contributed by atoms with van der Waals surface area (Å²) in [5, 5.41) is 9.37. The summed E-state index contributed by atoms with van der Waals surface area (Å²) in [4.78, 5) is 11.5. The first-order valence-corrected chi connectivity index (χ1v) is 6.00. The number of benzene rings is 1. The summed E-state index contributed by atoms with van der Waals surface area (Å²) in [6.07, 6.45) is -1.26. The molecule has 1 aromatic carbocycles. The van der Waals surface area contributed by atoms with E-state index in [4.69, 9.17) is 9.47 Å². The van der Waals surface area contributed by atoms with Gasteiger partial charge in [-0.25, -0.2) is 8.78 Å². The van der Waals surface area contributed by atoms with Crippen molar-refractivity contribution in [1.82, 2.24) is 0 Å². The Morgan fingerprint density at radius 3 is 2.37 bits per heavy atom. The van der Waals surface area contributed by atoms with Crippen LogP contribution in [0.2, 0.25) is 0 Å². The Hall–Kier alpha value is -1.85. The second-order valence-corrected chi connectivity index (χ2v) is 4.83. The highest BCUT2D eigenvalue weighted by Gasteiger charge is 2.48. The molecule has 0 spiro atoms. The van der Waals surface area contributed by atoms with Crippen molar-refractivity contribution in [2.45, 2.75) is 31.1 Å². The van der Waals surface area contributed by atoms with Crippen LogP contribution in [0.4, 0.5) is 8.78 Å². The Morgan fingerprint density at radius 2 is 1.89 bits per heavy atom. The van der Waals surface area contributed by atoms with Crippen molar-refractivity contribution in [3.05, 3.63) is 23.3 Å². The van der Waals surface area contributed by atoms with E-state index in [2.05, 4.69) is 0 Å². The average molecular weight is 270 g/mol. The predicted octanol–water partition coefficient (Wildman–Crippen LogP) is 2.86. The predicted molar refractivity (Wildman–Crippen MR) is 60.7 cm³/mol. The molecule has 0 saturated heterocycles. The molecule has 0 radical (unpaired) electrons. The highest BCUT2D eigenvalue weighted by atomic mass is 19.3. The first-order valence-electron chi connectivity index (χ1n) is 6.00. The lowest BCUT2D eigenvalue weighted by Gasteiger charge is -2.39. The smallest absolute Gasteiger partial charge is 0.314 e. The zero-order valence-electron chi connectivity index (χ0n) is 9.99. The van der Waals surface area contributed by atoms with Gasteiger partial charge in [0.25, 0.3) is 6.43 Å². The Kier molecular flexibility index (Phi) is 2.62. The number of aliphatic carboxylic acids is 1. The minimum absolute atomic E-state index is 0.0263. The summed E-state index contributed by atoms with van der Waals surface area (Å²) in [7, 11) is 0. The van der Waals surface area contributed by atoms with Crippen LogP contribution in [0.25, 0.3) is 0 Å². The van der Waals surface area contributed by atoms with Crippen LogP contribution >= 0.6 is 0 Å². The third-order valence-corrected chi connectivity index (χ3v) is 3.91. The van der Waals surface area contributed by atoms with Crippen molar-refractivity contribution in [2.24, 2.45) is 0 Å². The van der Waals surface area contributed by atoms with E-state index < -0.39 is 17.8 Å². The molecule has 4 nitrogen and oxygen atoms in total. The van der Waals surface area contributed by atoms with Gasteiger partial charge in [-0.05, 0) is 30.5 Å². The number of carboxylic acids is 1. The van der Waals surface area contributed by atoms with Gasteiger partial charge in [0, 0.05) is 5.56 Å². The van der Waals surface area contributed by atoms with E-state index in [-0.39, 0.29) is 23.7 Å². The summed E-state index contributed by atoms with van der Waals surface area (Å²) in [5.41, 5.74) is -1.32. The van der Waals surface area contributed by atoms with Gasteiger partial charge in [-0.3, -0.25) is 4.79 Å². The molecule has 1 fully saturated rings. The molecule has 1 aromatic rings. The van der Waals surface area contributed by atoms with E-state index in [0.29, 0.717) is 18.6 Å². The fourth-order valence-electron chi connectivity index (χ4n) is 2.68. The van der Waals surface area contributed by atoms with E-state index in [1.165, 1.54) is 12.1 Å². The standard InChI is InChI=1S/C13H12F2O4/c14-11(15)7-4-9-10(19-6-18-9)5-8(7)13(12(16)17)2-1-3-13/h4-5,11H,1-3,6H2,(H,16,17). The summed E-state index contributed by atoms with van der Waals surface area (Å²) in [5.74, 6) is -0.467. The van der Waals surface area contributed by atoms with Crippen molar-refractivity contribution in [3.63, 3.8) is 0 Å². The van der Waals surface area contributed by atoms with Crippen LogP contribution in [0.1, 0.15) is 36.8 Å². The molecule has 19 heavy (non-hydrogen) atoms. The van der Waals surface area contributed by atoms with Gasteiger partial charge in [-0.2, -0.15) is 0 Å². The highest BCUT2D eigenvalue weighted by molar-refractivity contribution is 5.83. The molecule has 6 heteroatoms. The molecule has 0 amide bonds.